The van der Waals surface area contributed by atoms with Gasteiger partial charge in [0.2, 0.25) is 0 Å². The molecule has 6 heteroatoms. The first-order chi connectivity index (χ1) is 14.2. The van der Waals surface area contributed by atoms with E-state index in [0.717, 1.165) is 25.4 Å². The number of ether oxygens (including phenoxy) is 1. The molecule has 1 saturated carbocycles. The van der Waals surface area contributed by atoms with Crippen LogP contribution < -0.4 is 15.8 Å². The Kier molecular flexibility index (Phi) is 5.12. The average Bonchev–Trinajstić information content (AvgIpc) is 3.41. The normalized spacial score (nSPS) is 22.8. The number of rotatable bonds is 7. The first-order valence-electron chi connectivity index (χ1n) is 10.5. The summed E-state index contributed by atoms with van der Waals surface area (Å²) in [6.45, 7) is 3.76. The number of hydrogen-bond acceptors (Lipinski definition) is 5. The van der Waals surface area contributed by atoms with Crippen molar-refractivity contribution < 1.29 is 9.15 Å². The molecule has 3 aromatic rings. The second-order valence-electron chi connectivity index (χ2n) is 8.16. The third-order valence-corrected chi connectivity index (χ3v) is 6.12. The van der Waals surface area contributed by atoms with Crippen LogP contribution in [0.25, 0.3) is 11.1 Å². The highest BCUT2D eigenvalue weighted by molar-refractivity contribution is 5.73. The van der Waals surface area contributed by atoms with Gasteiger partial charge in [0.1, 0.15) is 12.4 Å². The number of nitrogens with one attached hydrogen (secondary N) is 2. The molecule has 0 radical (unpaired) electrons. The van der Waals surface area contributed by atoms with Crippen molar-refractivity contribution in [2.45, 2.75) is 37.3 Å². The molecule has 0 amide bonds. The Balaban J connectivity index is 1.03. The fraction of sp³-hybridized carbons (Fsp3) is 0.435. The fourth-order valence-electron chi connectivity index (χ4n) is 4.38. The van der Waals surface area contributed by atoms with Gasteiger partial charge in [-0.1, -0.05) is 30.3 Å². The predicted octanol–water partition coefficient (Wildman–Crippen LogP) is 3.11. The van der Waals surface area contributed by atoms with Gasteiger partial charge in [-0.25, -0.2) is 4.79 Å². The summed E-state index contributed by atoms with van der Waals surface area (Å²) in [7, 11) is 0. The Morgan fingerprint density at radius 1 is 1.14 bits per heavy atom. The minimum absolute atomic E-state index is 0.435. The summed E-state index contributed by atoms with van der Waals surface area (Å²) < 4.78 is 10.9. The minimum Gasteiger partial charge on any atom is -0.492 e. The molecule has 1 unspecified atom stereocenters. The van der Waals surface area contributed by atoms with Crippen LogP contribution in [0.4, 0.5) is 0 Å². The molecular weight excluding hydrogens is 366 g/mol. The van der Waals surface area contributed by atoms with E-state index in [1.807, 2.05) is 12.1 Å². The van der Waals surface area contributed by atoms with E-state index in [4.69, 9.17) is 9.15 Å². The molecule has 1 saturated heterocycles. The first kappa shape index (κ1) is 18.5. The highest BCUT2D eigenvalue weighted by Gasteiger charge is 2.39. The van der Waals surface area contributed by atoms with Gasteiger partial charge in [-0.15, -0.1) is 0 Å². The van der Waals surface area contributed by atoms with Crippen LogP contribution in [-0.2, 0) is 0 Å². The highest BCUT2D eigenvalue weighted by Crippen LogP contribution is 2.41. The van der Waals surface area contributed by atoms with E-state index in [0.29, 0.717) is 35.7 Å². The molecule has 0 spiro atoms. The van der Waals surface area contributed by atoms with Crippen molar-refractivity contribution in [1.82, 2.24) is 15.2 Å². The lowest BCUT2D eigenvalue weighted by Gasteiger charge is -2.32. The second kappa shape index (κ2) is 8.05. The molecule has 29 heavy (non-hydrogen) atoms. The number of hydrogen-bond donors (Lipinski definition) is 2. The van der Waals surface area contributed by atoms with Crippen molar-refractivity contribution >= 4 is 11.1 Å². The van der Waals surface area contributed by atoms with Gasteiger partial charge in [-0.3, -0.25) is 9.88 Å². The topological polar surface area (TPSA) is 70.5 Å². The summed E-state index contributed by atoms with van der Waals surface area (Å²) in [4.78, 5) is 16.3. The molecule has 1 aromatic heterocycles. The van der Waals surface area contributed by atoms with E-state index in [1.165, 1.54) is 24.8 Å². The van der Waals surface area contributed by atoms with E-state index in [1.54, 1.807) is 6.07 Å². The average molecular weight is 393 g/mol. The number of aromatic amines is 1. The zero-order chi connectivity index (χ0) is 19.6. The quantitative estimate of drug-likeness (QED) is 0.645. The van der Waals surface area contributed by atoms with E-state index in [9.17, 15) is 4.79 Å². The second-order valence-corrected chi connectivity index (χ2v) is 8.16. The van der Waals surface area contributed by atoms with Crippen LogP contribution in [0.5, 0.6) is 5.75 Å². The van der Waals surface area contributed by atoms with Gasteiger partial charge in [0.05, 0.1) is 5.52 Å². The smallest absolute Gasteiger partial charge is 0.417 e. The van der Waals surface area contributed by atoms with Gasteiger partial charge in [0.25, 0.3) is 0 Å². The monoisotopic (exact) mass is 393 g/mol. The van der Waals surface area contributed by atoms with Crippen LogP contribution in [0.2, 0.25) is 0 Å². The van der Waals surface area contributed by atoms with Gasteiger partial charge >= 0.3 is 5.76 Å². The van der Waals surface area contributed by atoms with Crippen molar-refractivity contribution in [3.05, 3.63) is 64.6 Å². The lowest BCUT2D eigenvalue weighted by Crippen LogP contribution is -2.44. The molecule has 2 fully saturated rings. The molecule has 2 aromatic carbocycles. The van der Waals surface area contributed by atoms with Crippen LogP contribution in [0.1, 0.15) is 30.7 Å². The maximum absolute atomic E-state index is 11.2. The Labute approximate surface area is 169 Å². The predicted molar refractivity (Wildman–Crippen MR) is 113 cm³/mol. The van der Waals surface area contributed by atoms with Crippen molar-refractivity contribution in [3.8, 4) is 5.75 Å². The number of benzene rings is 2. The Bertz CT molecular complexity index is 1000. The van der Waals surface area contributed by atoms with Gasteiger partial charge in [-0.05, 0) is 50.0 Å². The van der Waals surface area contributed by atoms with Gasteiger partial charge in [0, 0.05) is 30.6 Å². The molecule has 1 aliphatic carbocycles. The van der Waals surface area contributed by atoms with E-state index >= 15 is 0 Å². The maximum Gasteiger partial charge on any atom is 0.417 e. The van der Waals surface area contributed by atoms with Crippen molar-refractivity contribution in [2.24, 2.45) is 0 Å². The lowest BCUT2D eigenvalue weighted by atomic mass is 10.0. The molecule has 0 bridgehead atoms. The summed E-state index contributed by atoms with van der Waals surface area (Å²) in [5.74, 6) is 0.997. The Morgan fingerprint density at radius 3 is 2.79 bits per heavy atom. The van der Waals surface area contributed by atoms with Crippen LogP contribution in [0, 0.1) is 0 Å². The van der Waals surface area contributed by atoms with Gasteiger partial charge < -0.3 is 14.5 Å². The van der Waals surface area contributed by atoms with Gasteiger partial charge in [0.15, 0.2) is 5.58 Å². The number of H-pyrrole nitrogens is 1. The van der Waals surface area contributed by atoms with Crippen molar-refractivity contribution in [3.63, 3.8) is 0 Å². The fourth-order valence-corrected chi connectivity index (χ4v) is 4.38. The van der Waals surface area contributed by atoms with Crippen LogP contribution in [0.15, 0.2) is 57.7 Å². The van der Waals surface area contributed by atoms with Crippen molar-refractivity contribution in [2.75, 3.05) is 26.2 Å². The molecule has 2 aliphatic rings. The first-order valence-corrected chi connectivity index (χ1v) is 10.5. The Morgan fingerprint density at radius 2 is 1.97 bits per heavy atom. The largest absolute Gasteiger partial charge is 0.492 e. The maximum atomic E-state index is 11.2. The van der Waals surface area contributed by atoms with Crippen LogP contribution >= 0.6 is 0 Å². The summed E-state index contributed by atoms with van der Waals surface area (Å²) in [6.07, 6.45) is 3.65. The van der Waals surface area contributed by atoms with Gasteiger partial charge in [-0.2, -0.15) is 0 Å². The molecule has 2 atom stereocenters. The SMILES string of the molecule is O=c1[nH]c2ccc(OCCN3CCC(N[C@@H]4CC4c4ccccc4)CC3)cc2o1. The molecule has 1 aliphatic heterocycles. The molecule has 6 nitrogen and oxygen atoms in total. The number of aromatic nitrogens is 1. The molecular formula is C23H27N3O3. The molecule has 2 N–H and O–H groups in total. The standard InChI is InChI=1S/C23H27N3O3/c27-23-25-20-7-6-18(14-22(20)29-23)28-13-12-26-10-8-17(9-11-26)24-21-15-19(21)16-4-2-1-3-5-16/h1-7,14,17,19,21,24H,8-13,15H2,(H,25,27)/t19?,21-/m1/s1. The number of piperidine rings is 1. The zero-order valence-corrected chi connectivity index (χ0v) is 16.5. The zero-order valence-electron chi connectivity index (χ0n) is 16.5. The lowest BCUT2D eigenvalue weighted by molar-refractivity contribution is 0.164. The summed E-state index contributed by atoms with van der Waals surface area (Å²) >= 11 is 0. The number of fused-ring (bicyclic) bond motifs is 1. The van der Waals surface area contributed by atoms with E-state index in [-0.39, 0.29) is 0 Å². The van der Waals surface area contributed by atoms with Crippen molar-refractivity contribution in [1.29, 1.82) is 0 Å². The third kappa shape index (κ3) is 4.38. The molecule has 2 heterocycles. The third-order valence-electron chi connectivity index (χ3n) is 6.12. The number of likely N-dealkylation sites (tertiary alicyclic amines) is 1. The molecule has 152 valence electrons. The highest BCUT2D eigenvalue weighted by atomic mass is 16.5. The summed E-state index contributed by atoms with van der Waals surface area (Å²) in [5, 5.41) is 3.87. The van der Waals surface area contributed by atoms with E-state index in [2.05, 4.69) is 45.5 Å². The van der Waals surface area contributed by atoms with Crippen LogP contribution in [-0.4, -0.2) is 48.2 Å². The van der Waals surface area contributed by atoms with Crippen LogP contribution in [0.3, 0.4) is 0 Å². The summed E-state index contributed by atoms with van der Waals surface area (Å²) in [5.41, 5.74) is 2.70. The minimum atomic E-state index is -0.435. The number of nitrogens with zero attached hydrogens (tertiary/aromatic N) is 1. The van der Waals surface area contributed by atoms with E-state index < -0.39 is 5.76 Å². The summed E-state index contributed by atoms with van der Waals surface area (Å²) in [6, 6.07) is 17.6. The Hall–Kier alpha value is -2.57. The molecule has 5 rings (SSSR count). The number of oxazole rings is 1.